The lowest BCUT2D eigenvalue weighted by Crippen LogP contribution is -2.52. The standard InChI is InChI=1S/C24H25F3N4O4/c1-23(2,3)20-13-16(10-11-30(20)22(33)34)31-21(32)18-12-15(6-9-19(18)28-29-31)14-4-7-17(8-5-14)35-24(25,26)27/h4-9,12,16,20H,10-11,13H2,1-3H3,(H,33,34). The molecule has 8 nitrogen and oxygen atoms in total. The first-order valence-corrected chi connectivity index (χ1v) is 11.1. The van der Waals surface area contributed by atoms with Gasteiger partial charge in [-0.15, -0.1) is 18.3 Å². The first-order chi connectivity index (χ1) is 16.3. The number of piperidine rings is 1. The molecular formula is C24H25F3N4O4. The van der Waals surface area contributed by atoms with E-state index in [-0.39, 0.29) is 35.4 Å². The number of amides is 1. The van der Waals surface area contributed by atoms with Crippen molar-refractivity contribution in [3.8, 4) is 16.9 Å². The van der Waals surface area contributed by atoms with E-state index < -0.39 is 12.5 Å². The van der Waals surface area contributed by atoms with Gasteiger partial charge in [-0.1, -0.05) is 44.2 Å². The van der Waals surface area contributed by atoms with E-state index in [1.54, 1.807) is 18.2 Å². The lowest BCUT2D eigenvalue weighted by Gasteiger charge is -2.44. The van der Waals surface area contributed by atoms with Gasteiger partial charge in [-0.05, 0) is 53.6 Å². The number of likely N-dealkylation sites (tertiary alicyclic amines) is 1. The molecule has 35 heavy (non-hydrogen) atoms. The van der Waals surface area contributed by atoms with Crippen LogP contribution in [0.5, 0.6) is 5.75 Å². The van der Waals surface area contributed by atoms with Gasteiger partial charge >= 0.3 is 12.5 Å². The summed E-state index contributed by atoms with van der Waals surface area (Å²) >= 11 is 0. The number of benzene rings is 2. The molecule has 0 saturated carbocycles. The Morgan fingerprint density at radius 2 is 1.74 bits per heavy atom. The minimum Gasteiger partial charge on any atom is -0.465 e. The highest BCUT2D eigenvalue weighted by molar-refractivity contribution is 5.83. The summed E-state index contributed by atoms with van der Waals surface area (Å²) in [6, 6.07) is 9.73. The zero-order valence-corrected chi connectivity index (χ0v) is 19.4. The molecule has 1 aliphatic heterocycles. The van der Waals surface area contributed by atoms with Gasteiger partial charge in [-0.2, -0.15) is 0 Å². The molecule has 1 saturated heterocycles. The molecular weight excluding hydrogens is 465 g/mol. The van der Waals surface area contributed by atoms with E-state index >= 15 is 0 Å². The summed E-state index contributed by atoms with van der Waals surface area (Å²) in [4.78, 5) is 26.5. The lowest BCUT2D eigenvalue weighted by molar-refractivity contribution is -0.274. The molecule has 11 heteroatoms. The van der Waals surface area contributed by atoms with Gasteiger partial charge in [0, 0.05) is 12.6 Å². The summed E-state index contributed by atoms with van der Waals surface area (Å²) in [5.74, 6) is -0.337. The van der Waals surface area contributed by atoms with E-state index in [9.17, 15) is 27.9 Å². The normalized spacial score (nSPS) is 19.1. The number of hydrogen-bond acceptors (Lipinski definition) is 5. The first-order valence-electron chi connectivity index (χ1n) is 11.1. The number of hydrogen-bond donors (Lipinski definition) is 1. The molecule has 1 N–H and O–H groups in total. The van der Waals surface area contributed by atoms with Crippen LogP contribution in [0.4, 0.5) is 18.0 Å². The minimum absolute atomic E-state index is 0.278. The third-order valence-corrected chi connectivity index (χ3v) is 6.27. The molecule has 2 atom stereocenters. The van der Waals surface area contributed by atoms with E-state index in [2.05, 4.69) is 15.0 Å². The van der Waals surface area contributed by atoms with Gasteiger partial charge in [-0.25, -0.2) is 9.48 Å². The summed E-state index contributed by atoms with van der Waals surface area (Å²) in [6.45, 7) is 6.16. The van der Waals surface area contributed by atoms with Gasteiger partial charge in [0.15, 0.2) is 0 Å². The molecule has 0 bridgehead atoms. The number of aromatic nitrogens is 3. The van der Waals surface area contributed by atoms with Crippen LogP contribution in [0.15, 0.2) is 47.3 Å². The minimum atomic E-state index is -4.78. The summed E-state index contributed by atoms with van der Waals surface area (Å²) in [5, 5.41) is 18.2. The van der Waals surface area contributed by atoms with Crippen molar-refractivity contribution < 1.29 is 27.8 Å². The predicted octanol–water partition coefficient (Wildman–Crippen LogP) is 5.09. The molecule has 0 radical (unpaired) electrons. The number of fused-ring (bicyclic) bond motifs is 1. The molecule has 2 unspecified atom stereocenters. The predicted molar refractivity (Wildman–Crippen MR) is 122 cm³/mol. The van der Waals surface area contributed by atoms with Crippen LogP contribution in [0, 0.1) is 5.41 Å². The Morgan fingerprint density at radius 1 is 1.09 bits per heavy atom. The molecule has 2 aromatic carbocycles. The number of halogens is 3. The van der Waals surface area contributed by atoms with Crippen LogP contribution in [0.2, 0.25) is 0 Å². The van der Waals surface area contributed by atoms with Crippen LogP contribution in [0.1, 0.15) is 39.7 Å². The van der Waals surface area contributed by atoms with Gasteiger partial charge in [0.1, 0.15) is 11.3 Å². The zero-order valence-electron chi connectivity index (χ0n) is 19.4. The summed E-state index contributed by atoms with van der Waals surface area (Å²) in [7, 11) is 0. The maximum Gasteiger partial charge on any atom is 0.573 e. The Hall–Kier alpha value is -3.63. The molecule has 1 aromatic heterocycles. The van der Waals surface area contributed by atoms with Crippen molar-refractivity contribution in [1.29, 1.82) is 0 Å². The van der Waals surface area contributed by atoms with E-state index in [1.807, 2.05) is 20.8 Å². The van der Waals surface area contributed by atoms with Crippen LogP contribution in [-0.2, 0) is 0 Å². The molecule has 2 heterocycles. The molecule has 1 amide bonds. The van der Waals surface area contributed by atoms with Crippen molar-refractivity contribution in [1.82, 2.24) is 19.9 Å². The van der Waals surface area contributed by atoms with Crippen molar-refractivity contribution in [2.45, 2.75) is 52.1 Å². The number of carbonyl (C=O) groups is 1. The van der Waals surface area contributed by atoms with Crippen molar-refractivity contribution in [3.63, 3.8) is 0 Å². The fraction of sp³-hybridized carbons (Fsp3) is 0.417. The van der Waals surface area contributed by atoms with E-state index in [0.717, 1.165) is 0 Å². The van der Waals surface area contributed by atoms with Crippen LogP contribution in [0.25, 0.3) is 22.0 Å². The Balaban J connectivity index is 1.66. The highest BCUT2D eigenvalue weighted by atomic mass is 19.4. The quantitative estimate of drug-likeness (QED) is 0.550. The Kier molecular flexibility index (Phi) is 6.20. The fourth-order valence-corrected chi connectivity index (χ4v) is 4.54. The highest BCUT2D eigenvalue weighted by Gasteiger charge is 2.40. The van der Waals surface area contributed by atoms with Gasteiger partial charge < -0.3 is 14.7 Å². The molecule has 0 spiro atoms. The van der Waals surface area contributed by atoms with Gasteiger partial charge in [0.25, 0.3) is 5.56 Å². The monoisotopic (exact) mass is 490 g/mol. The van der Waals surface area contributed by atoms with E-state index in [4.69, 9.17) is 0 Å². The second kappa shape index (κ2) is 8.86. The van der Waals surface area contributed by atoms with Gasteiger partial charge in [0.2, 0.25) is 0 Å². The van der Waals surface area contributed by atoms with Gasteiger partial charge in [0.05, 0.1) is 11.4 Å². The zero-order chi connectivity index (χ0) is 25.5. The third-order valence-electron chi connectivity index (χ3n) is 6.27. The van der Waals surface area contributed by atoms with Gasteiger partial charge in [-0.3, -0.25) is 4.79 Å². The molecule has 1 fully saturated rings. The first kappa shape index (κ1) is 24.5. The molecule has 1 aliphatic rings. The molecule has 0 aliphatic carbocycles. The Morgan fingerprint density at radius 3 is 2.34 bits per heavy atom. The average Bonchev–Trinajstić information content (AvgIpc) is 2.78. The van der Waals surface area contributed by atoms with Crippen LogP contribution in [0.3, 0.4) is 0 Å². The Bertz CT molecular complexity index is 1300. The summed E-state index contributed by atoms with van der Waals surface area (Å²) in [6.07, 6.45) is -4.91. The maximum absolute atomic E-state index is 13.4. The number of alkyl halides is 3. The topological polar surface area (TPSA) is 97.5 Å². The number of nitrogens with zero attached hydrogens (tertiary/aromatic N) is 4. The van der Waals surface area contributed by atoms with Crippen molar-refractivity contribution >= 4 is 17.0 Å². The smallest absolute Gasteiger partial charge is 0.465 e. The highest BCUT2D eigenvalue weighted by Crippen LogP contribution is 2.36. The second-order valence-electron chi connectivity index (χ2n) is 9.68. The van der Waals surface area contributed by atoms with Crippen molar-refractivity contribution in [2.24, 2.45) is 5.41 Å². The number of carboxylic acid groups (broad SMARTS) is 1. The average molecular weight is 490 g/mol. The van der Waals surface area contributed by atoms with Crippen molar-refractivity contribution in [3.05, 3.63) is 52.8 Å². The van der Waals surface area contributed by atoms with E-state index in [1.165, 1.54) is 33.8 Å². The summed E-state index contributed by atoms with van der Waals surface area (Å²) in [5.41, 5.74) is 0.936. The van der Waals surface area contributed by atoms with Crippen LogP contribution >= 0.6 is 0 Å². The number of rotatable bonds is 3. The number of ether oxygens (including phenoxy) is 1. The van der Waals surface area contributed by atoms with Crippen LogP contribution in [-0.4, -0.2) is 50.0 Å². The van der Waals surface area contributed by atoms with Crippen LogP contribution < -0.4 is 10.3 Å². The molecule has 4 rings (SSSR count). The second-order valence-corrected chi connectivity index (χ2v) is 9.68. The molecule has 3 aromatic rings. The Labute approximate surface area is 198 Å². The largest absolute Gasteiger partial charge is 0.573 e. The van der Waals surface area contributed by atoms with E-state index in [0.29, 0.717) is 34.9 Å². The fourth-order valence-electron chi connectivity index (χ4n) is 4.54. The SMILES string of the molecule is CC(C)(C)C1CC(n2nnc3ccc(-c4ccc(OC(F)(F)F)cc4)cc3c2=O)CCN1C(=O)O. The third kappa shape index (κ3) is 5.23. The maximum atomic E-state index is 13.4. The molecule has 186 valence electrons. The summed E-state index contributed by atoms with van der Waals surface area (Å²) < 4.78 is 42.5. The lowest BCUT2D eigenvalue weighted by atomic mass is 9.79. The van der Waals surface area contributed by atoms with Crippen molar-refractivity contribution in [2.75, 3.05) is 6.54 Å².